The number of hydrogen-bond donors (Lipinski definition) is 3. The van der Waals surface area contributed by atoms with Gasteiger partial charge in [-0.25, -0.2) is 5.01 Å². The molecule has 1 aromatic carbocycles. The molecule has 0 amide bonds. The van der Waals surface area contributed by atoms with Crippen molar-refractivity contribution in [2.24, 2.45) is 16.6 Å². The van der Waals surface area contributed by atoms with Crippen molar-refractivity contribution in [3.05, 3.63) is 45.5 Å². The van der Waals surface area contributed by atoms with Gasteiger partial charge in [0.15, 0.2) is 0 Å². The molecule has 1 aromatic rings. The van der Waals surface area contributed by atoms with E-state index in [4.69, 9.17) is 11.5 Å². The van der Waals surface area contributed by atoms with E-state index < -0.39 is 17.3 Å². The maximum absolute atomic E-state index is 10.6. The second kappa shape index (κ2) is 5.27. The Balaban J connectivity index is 2.27. The number of aliphatic hydroxyl groups excluding tert-OH is 1. The Morgan fingerprint density at radius 1 is 1.50 bits per heavy atom. The lowest BCUT2D eigenvalue weighted by Crippen LogP contribution is -2.41. The molecule has 2 atom stereocenters. The molecule has 0 spiro atoms. The van der Waals surface area contributed by atoms with Crippen LogP contribution in [0, 0.1) is 10.1 Å². The normalized spacial score (nSPS) is 21.9. The Morgan fingerprint density at radius 2 is 2.10 bits per heavy atom. The van der Waals surface area contributed by atoms with E-state index >= 15 is 0 Å². The van der Waals surface area contributed by atoms with Gasteiger partial charge in [-0.2, -0.15) is 5.10 Å². The molecule has 2 unspecified atom stereocenters. The number of hydrogen-bond acceptors (Lipinski definition) is 7. The van der Waals surface area contributed by atoms with Crippen LogP contribution in [-0.4, -0.2) is 33.3 Å². The summed E-state index contributed by atoms with van der Waals surface area (Å²) in [6.45, 7) is 1.53. The van der Waals surface area contributed by atoms with Crippen molar-refractivity contribution in [3.63, 3.8) is 0 Å². The number of nitro groups is 1. The first-order valence-corrected chi connectivity index (χ1v) is 5.92. The molecule has 0 aromatic heterocycles. The summed E-state index contributed by atoms with van der Waals surface area (Å²) >= 11 is 0. The molecule has 8 heteroatoms. The van der Waals surface area contributed by atoms with Crippen molar-refractivity contribution in [2.45, 2.75) is 19.3 Å². The van der Waals surface area contributed by atoms with E-state index in [1.807, 2.05) is 0 Å². The molecule has 1 aliphatic heterocycles. The number of nitrogens with zero attached hydrogens (tertiary/aromatic N) is 3. The molecule has 5 N–H and O–H groups in total. The van der Waals surface area contributed by atoms with Gasteiger partial charge in [-0.1, -0.05) is 0 Å². The summed E-state index contributed by atoms with van der Waals surface area (Å²) in [4.78, 5) is 10.1. The zero-order chi connectivity index (χ0) is 14.9. The van der Waals surface area contributed by atoms with Crippen LogP contribution in [0.3, 0.4) is 0 Å². The fraction of sp³-hybridized carbons (Fsp3) is 0.250. The molecule has 106 valence electrons. The fourth-order valence-corrected chi connectivity index (χ4v) is 1.89. The van der Waals surface area contributed by atoms with E-state index in [9.17, 15) is 15.2 Å². The average Bonchev–Trinajstić information content (AvgIpc) is 2.67. The van der Waals surface area contributed by atoms with Crippen LogP contribution in [0.5, 0.6) is 0 Å². The zero-order valence-electron chi connectivity index (χ0n) is 10.8. The second-order valence-electron chi connectivity index (χ2n) is 4.39. The Hall–Kier alpha value is -2.45. The van der Waals surface area contributed by atoms with Gasteiger partial charge in [0.1, 0.15) is 18.2 Å². The van der Waals surface area contributed by atoms with Crippen LogP contribution in [0.15, 0.2) is 34.9 Å². The third-order valence-electron chi connectivity index (χ3n) is 2.93. The van der Waals surface area contributed by atoms with E-state index in [-0.39, 0.29) is 11.5 Å². The maximum atomic E-state index is 10.6. The van der Waals surface area contributed by atoms with Crippen LogP contribution in [0.25, 0.3) is 6.08 Å². The van der Waals surface area contributed by atoms with E-state index in [0.29, 0.717) is 11.1 Å². The maximum Gasteiger partial charge on any atom is 0.269 e. The molecule has 0 fully saturated rings. The predicted octanol–water partition coefficient (Wildman–Crippen LogP) is 0.189. The highest BCUT2D eigenvalue weighted by atomic mass is 16.6. The fourth-order valence-electron chi connectivity index (χ4n) is 1.89. The van der Waals surface area contributed by atoms with E-state index in [0.717, 1.165) is 0 Å². The third kappa shape index (κ3) is 2.60. The second-order valence-corrected chi connectivity index (χ2v) is 4.39. The van der Waals surface area contributed by atoms with Gasteiger partial charge in [-0.3, -0.25) is 10.1 Å². The quantitative estimate of drug-likeness (QED) is 0.534. The van der Waals surface area contributed by atoms with Gasteiger partial charge in [-0.05, 0) is 30.7 Å². The third-order valence-corrected chi connectivity index (χ3v) is 2.93. The number of amidine groups is 1. The van der Waals surface area contributed by atoms with Crippen molar-refractivity contribution in [2.75, 3.05) is 0 Å². The van der Waals surface area contributed by atoms with Crippen molar-refractivity contribution in [1.82, 2.24) is 5.01 Å². The summed E-state index contributed by atoms with van der Waals surface area (Å²) in [5, 5.41) is 25.3. The number of non-ortho nitro benzene ring substituents is 1. The van der Waals surface area contributed by atoms with Crippen molar-refractivity contribution in [3.8, 4) is 0 Å². The molecule has 8 nitrogen and oxygen atoms in total. The smallest absolute Gasteiger partial charge is 0.269 e. The van der Waals surface area contributed by atoms with Gasteiger partial charge in [0.05, 0.1) is 4.92 Å². The molecule has 0 radical (unpaired) electrons. The Morgan fingerprint density at radius 3 is 2.55 bits per heavy atom. The lowest BCUT2D eigenvalue weighted by atomic mass is 10.1. The minimum atomic E-state index is -0.855. The van der Waals surface area contributed by atoms with Gasteiger partial charge in [0, 0.05) is 17.7 Å². The number of aliphatic hydroxyl groups is 1. The molecule has 0 saturated carbocycles. The van der Waals surface area contributed by atoms with Crippen LogP contribution < -0.4 is 11.5 Å². The zero-order valence-corrected chi connectivity index (χ0v) is 10.8. The van der Waals surface area contributed by atoms with Gasteiger partial charge >= 0.3 is 0 Å². The lowest BCUT2D eigenvalue weighted by molar-refractivity contribution is -0.384. The van der Waals surface area contributed by atoms with Gasteiger partial charge < -0.3 is 16.6 Å². The van der Waals surface area contributed by atoms with Crippen molar-refractivity contribution < 1.29 is 10.0 Å². The average molecular weight is 277 g/mol. The molecule has 0 bridgehead atoms. The van der Waals surface area contributed by atoms with Crippen LogP contribution in [0.4, 0.5) is 5.69 Å². The first-order valence-electron chi connectivity index (χ1n) is 5.92. The standard InChI is InChI=1S/C12H15N5O3/c1-7(18)16-12(14)10(11(13)15-16)6-8-2-4-9(5-3-8)17(19)20/h2-7,12,18H,14H2,1H3,(H2,13,15). The lowest BCUT2D eigenvalue weighted by Gasteiger charge is -2.22. The Kier molecular flexibility index (Phi) is 3.68. The summed E-state index contributed by atoms with van der Waals surface area (Å²) in [6, 6.07) is 5.98. The summed E-state index contributed by atoms with van der Waals surface area (Å²) in [6.07, 6.45) is 0.187. The van der Waals surface area contributed by atoms with Crippen LogP contribution >= 0.6 is 0 Å². The number of nitrogens with two attached hydrogens (primary N) is 2. The van der Waals surface area contributed by atoms with Gasteiger partial charge in [0.25, 0.3) is 5.69 Å². The van der Waals surface area contributed by atoms with Gasteiger partial charge in [0.2, 0.25) is 0 Å². The number of benzene rings is 1. The predicted molar refractivity (Wildman–Crippen MR) is 74.2 cm³/mol. The molecular formula is C12H15N5O3. The molecule has 2 rings (SSSR count). The largest absolute Gasteiger partial charge is 0.382 e. The highest BCUT2D eigenvalue weighted by Crippen LogP contribution is 2.21. The van der Waals surface area contributed by atoms with E-state index in [2.05, 4.69) is 5.10 Å². The van der Waals surface area contributed by atoms with Crippen LogP contribution in [-0.2, 0) is 0 Å². The molecular weight excluding hydrogens is 262 g/mol. The minimum Gasteiger partial charge on any atom is -0.382 e. The molecule has 1 aliphatic rings. The molecule has 1 heterocycles. The highest BCUT2D eigenvalue weighted by Gasteiger charge is 2.29. The topological polar surface area (TPSA) is 131 Å². The summed E-state index contributed by atoms with van der Waals surface area (Å²) < 4.78 is 0. The van der Waals surface area contributed by atoms with E-state index in [1.54, 1.807) is 18.2 Å². The van der Waals surface area contributed by atoms with Crippen molar-refractivity contribution >= 4 is 17.6 Å². The molecule has 20 heavy (non-hydrogen) atoms. The molecule has 0 saturated heterocycles. The SMILES string of the molecule is CC(O)N1N=C(N)C(=Cc2ccc([N+](=O)[O-])cc2)C1N. The van der Waals surface area contributed by atoms with Gasteiger partial charge in [-0.15, -0.1) is 0 Å². The monoisotopic (exact) mass is 277 g/mol. The molecule has 0 aliphatic carbocycles. The van der Waals surface area contributed by atoms with Crippen molar-refractivity contribution in [1.29, 1.82) is 0 Å². The summed E-state index contributed by atoms with van der Waals surface area (Å²) in [5.74, 6) is 0.219. The highest BCUT2D eigenvalue weighted by molar-refractivity contribution is 6.03. The Bertz CT molecular complexity index is 579. The number of nitro benzene ring substituents is 1. The van der Waals surface area contributed by atoms with Crippen LogP contribution in [0.2, 0.25) is 0 Å². The van der Waals surface area contributed by atoms with E-state index in [1.165, 1.54) is 24.1 Å². The first-order chi connectivity index (χ1) is 9.40. The summed E-state index contributed by atoms with van der Waals surface area (Å²) in [5.41, 5.74) is 13.0. The van der Waals surface area contributed by atoms with Crippen LogP contribution in [0.1, 0.15) is 12.5 Å². The summed E-state index contributed by atoms with van der Waals surface area (Å²) in [7, 11) is 0. The number of hydrazone groups is 1. The number of rotatable bonds is 3. The minimum absolute atomic E-state index is 0.00937. The Labute approximate surface area is 115 Å². The first kappa shape index (κ1) is 14.0.